The number of esters is 1. The van der Waals surface area contributed by atoms with Crippen LogP contribution in [0.5, 0.6) is 0 Å². The molecule has 0 fully saturated rings. The lowest BCUT2D eigenvalue weighted by molar-refractivity contribution is -0.147. The first-order valence-electron chi connectivity index (χ1n) is 8.85. The van der Waals surface area contributed by atoms with Gasteiger partial charge >= 0.3 is 17.7 Å². The van der Waals surface area contributed by atoms with Crippen molar-refractivity contribution in [1.29, 1.82) is 0 Å². The van der Waals surface area contributed by atoms with Gasteiger partial charge in [0.2, 0.25) is 0 Å². The van der Waals surface area contributed by atoms with Crippen molar-refractivity contribution in [1.82, 2.24) is 25.0 Å². The van der Waals surface area contributed by atoms with Gasteiger partial charge in [0.15, 0.2) is 0 Å². The SMILES string of the molecule is CC(C)OC(=O)CCNC(=O)NCCCn1nc2n(c1=O)CCCC2. The summed E-state index contributed by atoms with van der Waals surface area (Å²) in [4.78, 5) is 35.1. The molecule has 0 atom stereocenters. The molecule has 9 heteroatoms. The van der Waals surface area contributed by atoms with E-state index in [1.165, 1.54) is 4.68 Å². The fourth-order valence-electron chi connectivity index (χ4n) is 2.69. The molecule has 1 aromatic rings. The lowest BCUT2D eigenvalue weighted by Crippen LogP contribution is -2.37. The molecule has 0 bridgehead atoms. The van der Waals surface area contributed by atoms with Crippen molar-refractivity contribution in [2.45, 2.75) is 65.1 Å². The molecule has 1 aliphatic rings. The molecule has 0 unspecified atom stereocenters. The molecule has 0 aromatic carbocycles. The molecule has 0 spiro atoms. The van der Waals surface area contributed by atoms with Crippen LogP contribution in [0.1, 0.15) is 45.4 Å². The number of urea groups is 1. The summed E-state index contributed by atoms with van der Waals surface area (Å²) in [5, 5.41) is 9.64. The highest BCUT2D eigenvalue weighted by atomic mass is 16.5. The average molecular weight is 353 g/mol. The highest BCUT2D eigenvalue weighted by Gasteiger charge is 2.16. The van der Waals surface area contributed by atoms with E-state index in [4.69, 9.17) is 4.74 Å². The van der Waals surface area contributed by atoms with E-state index in [2.05, 4.69) is 15.7 Å². The predicted molar refractivity (Wildman–Crippen MR) is 91.3 cm³/mol. The van der Waals surface area contributed by atoms with Crippen molar-refractivity contribution >= 4 is 12.0 Å². The molecule has 0 radical (unpaired) electrons. The minimum absolute atomic E-state index is 0.0668. The Labute approximate surface area is 146 Å². The third kappa shape index (κ3) is 5.91. The van der Waals surface area contributed by atoms with Gasteiger partial charge in [0.05, 0.1) is 12.5 Å². The number of carbonyl (C=O) groups is 2. The first kappa shape index (κ1) is 19.0. The van der Waals surface area contributed by atoms with Crippen LogP contribution >= 0.6 is 0 Å². The number of carbonyl (C=O) groups excluding carboxylic acids is 2. The zero-order valence-corrected chi connectivity index (χ0v) is 14.9. The second-order valence-corrected chi connectivity index (χ2v) is 6.36. The Bertz CT molecular complexity index is 649. The van der Waals surface area contributed by atoms with Gasteiger partial charge in [-0.3, -0.25) is 9.36 Å². The summed E-state index contributed by atoms with van der Waals surface area (Å²) in [5.41, 5.74) is -0.0668. The summed E-state index contributed by atoms with van der Waals surface area (Å²) in [6, 6.07) is -0.339. The van der Waals surface area contributed by atoms with E-state index in [1.807, 2.05) is 0 Å². The van der Waals surface area contributed by atoms with Crippen LogP contribution in [-0.2, 0) is 29.0 Å². The van der Waals surface area contributed by atoms with Crippen molar-refractivity contribution < 1.29 is 14.3 Å². The fraction of sp³-hybridized carbons (Fsp3) is 0.750. The van der Waals surface area contributed by atoms with Gasteiger partial charge < -0.3 is 15.4 Å². The molecule has 0 aliphatic carbocycles. The van der Waals surface area contributed by atoms with Crippen LogP contribution in [-0.4, -0.2) is 45.5 Å². The molecule has 25 heavy (non-hydrogen) atoms. The molecule has 2 heterocycles. The van der Waals surface area contributed by atoms with Crippen LogP contribution in [0.3, 0.4) is 0 Å². The number of rotatable bonds is 8. The first-order chi connectivity index (χ1) is 12.0. The molecule has 0 saturated carbocycles. The third-order valence-corrected chi connectivity index (χ3v) is 3.85. The minimum Gasteiger partial charge on any atom is -0.463 e. The van der Waals surface area contributed by atoms with E-state index < -0.39 is 0 Å². The Morgan fingerprint density at radius 3 is 2.72 bits per heavy atom. The molecule has 2 N–H and O–H groups in total. The van der Waals surface area contributed by atoms with Crippen LogP contribution in [0.15, 0.2) is 4.79 Å². The smallest absolute Gasteiger partial charge is 0.345 e. The van der Waals surface area contributed by atoms with Crippen LogP contribution in [0, 0.1) is 0 Å². The van der Waals surface area contributed by atoms with E-state index in [-0.39, 0.29) is 36.8 Å². The topological polar surface area (TPSA) is 107 Å². The second-order valence-electron chi connectivity index (χ2n) is 6.36. The van der Waals surface area contributed by atoms with E-state index in [0.29, 0.717) is 19.5 Å². The zero-order valence-electron chi connectivity index (χ0n) is 14.9. The van der Waals surface area contributed by atoms with Crippen LogP contribution in [0.25, 0.3) is 0 Å². The first-order valence-corrected chi connectivity index (χ1v) is 8.85. The lowest BCUT2D eigenvalue weighted by Gasteiger charge is -2.09. The summed E-state index contributed by atoms with van der Waals surface area (Å²) in [6.45, 7) is 5.43. The lowest BCUT2D eigenvalue weighted by atomic mass is 10.2. The van der Waals surface area contributed by atoms with Gasteiger partial charge in [0.1, 0.15) is 5.82 Å². The number of nitrogens with one attached hydrogen (secondary N) is 2. The van der Waals surface area contributed by atoms with Crippen molar-refractivity contribution in [3.8, 4) is 0 Å². The maximum absolute atomic E-state index is 12.1. The third-order valence-electron chi connectivity index (χ3n) is 3.85. The summed E-state index contributed by atoms with van der Waals surface area (Å²) in [5.74, 6) is 0.522. The van der Waals surface area contributed by atoms with Crippen molar-refractivity contribution in [3.63, 3.8) is 0 Å². The molecular formula is C16H27N5O4. The number of ether oxygens (including phenoxy) is 1. The molecule has 140 valence electrons. The highest BCUT2D eigenvalue weighted by molar-refractivity contribution is 5.75. The number of amides is 2. The van der Waals surface area contributed by atoms with Gasteiger partial charge in [-0.15, -0.1) is 0 Å². The average Bonchev–Trinajstić information content (AvgIpc) is 2.87. The van der Waals surface area contributed by atoms with E-state index in [1.54, 1.807) is 18.4 Å². The summed E-state index contributed by atoms with van der Waals surface area (Å²) in [7, 11) is 0. The minimum atomic E-state index is -0.339. The maximum Gasteiger partial charge on any atom is 0.345 e. The Morgan fingerprint density at radius 2 is 2.00 bits per heavy atom. The second kappa shape index (κ2) is 9.24. The number of aryl methyl sites for hydroxylation is 2. The van der Waals surface area contributed by atoms with E-state index in [0.717, 1.165) is 31.6 Å². The number of hydrogen-bond acceptors (Lipinski definition) is 5. The van der Waals surface area contributed by atoms with Gasteiger partial charge in [0.25, 0.3) is 0 Å². The number of fused-ring (bicyclic) bond motifs is 1. The standard InChI is InChI=1S/C16H27N5O4/c1-12(2)25-14(22)7-9-18-15(23)17-8-5-11-21-16(24)20-10-4-3-6-13(20)19-21/h12H,3-11H2,1-2H3,(H2,17,18,23). The monoisotopic (exact) mass is 353 g/mol. The Morgan fingerprint density at radius 1 is 1.24 bits per heavy atom. The van der Waals surface area contributed by atoms with Crippen LogP contribution < -0.4 is 16.3 Å². The Balaban J connectivity index is 1.61. The number of hydrogen-bond donors (Lipinski definition) is 2. The Hall–Kier alpha value is -2.32. The summed E-state index contributed by atoms with van der Waals surface area (Å²) in [6.07, 6.45) is 3.54. The summed E-state index contributed by atoms with van der Waals surface area (Å²) < 4.78 is 8.18. The van der Waals surface area contributed by atoms with Crippen molar-refractivity contribution in [2.75, 3.05) is 13.1 Å². The normalized spacial score (nSPS) is 13.4. The quantitative estimate of drug-likeness (QED) is 0.520. The van der Waals surface area contributed by atoms with Gasteiger partial charge in [-0.25, -0.2) is 14.3 Å². The van der Waals surface area contributed by atoms with Gasteiger partial charge in [-0.1, -0.05) is 0 Å². The molecule has 1 aromatic heterocycles. The highest BCUT2D eigenvalue weighted by Crippen LogP contribution is 2.09. The largest absolute Gasteiger partial charge is 0.463 e. The van der Waals surface area contributed by atoms with Gasteiger partial charge in [0, 0.05) is 32.6 Å². The molecule has 9 nitrogen and oxygen atoms in total. The van der Waals surface area contributed by atoms with Crippen molar-refractivity contribution in [3.05, 3.63) is 16.3 Å². The number of aromatic nitrogens is 3. The molecular weight excluding hydrogens is 326 g/mol. The van der Waals surface area contributed by atoms with Gasteiger partial charge in [-0.2, -0.15) is 5.10 Å². The van der Waals surface area contributed by atoms with E-state index >= 15 is 0 Å². The molecule has 2 amide bonds. The molecule has 0 saturated heterocycles. The molecule has 1 aliphatic heterocycles. The fourth-order valence-corrected chi connectivity index (χ4v) is 2.69. The zero-order chi connectivity index (χ0) is 18.2. The Kier molecular flexibility index (Phi) is 7.03. The van der Waals surface area contributed by atoms with E-state index in [9.17, 15) is 14.4 Å². The number of nitrogens with zero attached hydrogens (tertiary/aromatic N) is 3. The maximum atomic E-state index is 12.1. The molecule has 2 rings (SSSR count). The van der Waals surface area contributed by atoms with Crippen LogP contribution in [0.2, 0.25) is 0 Å². The summed E-state index contributed by atoms with van der Waals surface area (Å²) >= 11 is 0. The van der Waals surface area contributed by atoms with Crippen LogP contribution in [0.4, 0.5) is 4.79 Å². The van der Waals surface area contributed by atoms with Gasteiger partial charge in [-0.05, 0) is 33.1 Å². The predicted octanol–water partition coefficient (Wildman–Crippen LogP) is 0.412. The van der Waals surface area contributed by atoms with Crippen molar-refractivity contribution in [2.24, 2.45) is 0 Å².